The van der Waals surface area contributed by atoms with Gasteiger partial charge in [0.15, 0.2) is 0 Å². The summed E-state index contributed by atoms with van der Waals surface area (Å²) in [5, 5.41) is 0. The Morgan fingerprint density at radius 3 is 2.08 bits per heavy atom. The van der Waals surface area contributed by atoms with Gasteiger partial charge in [0, 0.05) is 0 Å². The first-order chi connectivity index (χ1) is 5.87. The van der Waals surface area contributed by atoms with Crippen molar-refractivity contribution in [2.24, 2.45) is 11.3 Å². The van der Waals surface area contributed by atoms with Gasteiger partial charge in [0.05, 0.1) is 0 Å². The van der Waals surface area contributed by atoms with Crippen LogP contribution < -0.4 is 0 Å². The molecule has 0 aromatic rings. The molecule has 0 amide bonds. The van der Waals surface area contributed by atoms with E-state index in [9.17, 15) is 0 Å². The molecule has 0 aromatic heterocycles. The first kappa shape index (κ1) is 10.6. The van der Waals surface area contributed by atoms with Crippen LogP contribution in [0.3, 0.4) is 0 Å². The summed E-state index contributed by atoms with van der Waals surface area (Å²) in [5.41, 5.74) is 4.98. The molecule has 0 fully saturated rings. The van der Waals surface area contributed by atoms with Gasteiger partial charge in [0.1, 0.15) is 0 Å². The lowest BCUT2D eigenvalue weighted by molar-refractivity contribution is 0.314. The lowest BCUT2D eigenvalue weighted by Gasteiger charge is -2.32. The van der Waals surface area contributed by atoms with Gasteiger partial charge in [-0.25, -0.2) is 0 Å². The number of allylic oxidation sites excluding steroid dienone is 4. The van der Waals surface area contributed by atoms with E-state index in [0.29, 0.717) is 11.3 Å². The quantitative estimate of drug-likeness (QED) is 0.590. The van der Waals surface area contributed by atoms with Crippen LogP contribution in [0.4, 0.5) is 0 Å². The minimum atomic E-state index is 0.335. The largest absolute Gasteiger partial charge is 0.0764 e. The van der Waals surface area contributed by atoms with Crippen molar-refractivity contribution in [2.45, 2.75) is 48.0 Å². The van der Waals surface area contributed by atoms with Crippen LogP contribution in [0.2, 0.25) is 0 Å². The molecule has 1 aliphatic carbocycles. The third-order valence-electron chi connectivity index (χ3n) is 3.79. The fourth-order valence-electron chi connectivity index (χ4n) is 1.85. The predicted molar refractivity (Wildman–Crippen MR) is 59.7 cm³/mol. The zero-order valence-corrected chi connectivity index (χ0v) is 9.86. The second kappa shape index (κ2) is 3.32. The molecule has 0 N–H and O–H groups in total. The van der Waals surface area contributed by atoms with Gasteiger partial charge in [0.25, 0.3) is 0 Å². The van der Waals surface area contributed by atoms with Gasteiger partial charge in [-0.3, -0.25) is 0 Å². The van der Waals surface area contributed by atoms with Gasteiger partial charge >= 0.3 is 0 Å². The maximum absolute atomic E-state index is 2.41. The molecule has 0 saturated heterocycles. The number of rotatable bonds is 2. The molecule has 0 heterocycles. The van der Waals surface area contributed by atoms with Crippen molar-refractivity contribution < 1.29 is 0 Å². The van der Waals surface area contributed by atoms with Crippen molar-refractivity contribution in [3.05, 3.63) is 22.8 Å². The maximum atomic E-state index is 2.41. The molecule has 1 aliphatic rings. The summed E-state index contributed by atoms with van der Waals surface area (Å²) < 4.78 is 0. The third kappa shape index (κ3) is 1.72. The van der Waals surface area contributed by atoms with Crippen LogP contribution in [0.1, 0.15) is 48.0 Å². The minimum Gasteiger partial charge on any atom is -0.0764 e. The highest BCUT2D eigenvalue weighted by Gasteiger charge is 2.30. The highest BCUT2D eigenvalue weighted by atomic mass is 14.3. The van der Waals surface area contributed by atoms with Crippen LogP contribution in [0, 0.1) is 11.3 Å². The smallest absolute Gasteiger partial charge is 0.00810 e. The standard InChI is InChI=1S/C13H22/c1-9(2)13(5,6)12-8-7-10(3)11(12)4/h8-9H,7H2,1-6H3. The number of hydrogen-bond acceptors (Lipinski definition) is 0. The summed E-state index contributed by atoms with van der Waals surface area (Å²) in [6, 6.07) is 0. The van der Waals surface area contributed by atoms with E-state index in [1.54, 1.807) is 11.1 Å². The van der Waals surface area contributed by atoms with Crippen LogP contribution in [0.25, 0.3) is 0 Å². The van der Waals surface area contributed by atoms with E-state index in [0.717, 1.165) is 6.42 Å². The Hall–Kier alpha value is -0.520. The average molecular weight is 178 g/mol. The van der Waals surface area contributed by atoms with E-state index in [4.69, 9.17) is 0 Å². The Kier molecular flexibility index (Phi) is 2.70. The lowest BCUT2D eigenvalue weighted by atomic mass is 9.73. The molecule has 0 heteroatoms. The summed E-state index contributed by atoms with van der Waals surface area (Å²) in [6.45, 7) is 13.8. The Morgan fingerprint density at radius 1 is 1.23 bits per heavy atom. The predicted octanol–water partition coefficient (Wildman–Crippen LogP) is 4.34. The van der Waals surface area contributed by atoms with Crippen LogP contribution in [0.15, 0.2) is 22.8 Å². The topological polar surface area (TPSA) is 0 Å². The van der Waals surface area contributed by atoms with Gasteiger partial charge in [-0.2, -0.15) is 0 Å². The van der Waals surface area contributed by atoms with E-state index in [2.05, 4.69) is 47.6 Å². The molecule has 0 aliphatic heterocycles. The molecule has 74 valence electrons. The summed E-state index contributed by atoms with van der Waals surface area (Å²) in [7, 11) is 0. The molecular formula is C13H22. The summed E-state index contributed by atoms with van der Waals surface area (Å²) in [6.07, 6.45) is 3.57. The van der Waals surface area contributed by atoms with E-state index in [1.165, 1.54) is 5.57 Å². The van der Waals surface area contributed by atoms with Gasteiger partial charge in [0.2, 0.25) is 0 Å². The molecule has 0 radical (unpaired) electrons. The monoisotopic (exact) mass is 178 g/mol. The number of hydrogen-bond donors (Lipinski definition) is 0. The van der Waals surface area contributed by atoms with E-state index >= 15 is 0 Å². The molecule has 0 saturated carbocycles. The van der Waals surface area contributed by atoms with Crippen LogP contribution in [-0.4, -0.2) is 0 Å². The molecular weight excluding hydrogens is 156 g/mol. The van der Waals surface area contributed by atoms with Crippen molar-refractivity contribution in [3.8, 4) is 0 Å². The van der Waals surface area contributed by atoms with Crippen LogP contribution in [-0.2, 0) is 0 Å². The fourth-order valence-corrected chi connectivity index (χ4v) is 1.85. The Morgan fingerprint density at radius 2 is 1.77 bits per heavy atom. The SMILES string of the molecule is CC1=C(C)C(C(C)(C)C(C)C)=CC1. The Balaban J connectivity index is 2.98. The normalized spacial score (nSPS) is 18.5. The van der Waals surface area contributed by atoms with E-state index in [-0.39, 0.29) is 0 Å². The zero-order chi connectivity index (χ0) is 10.2. The first-order valence-electron chi connectivity index (χ1n) is 5.24. The summed E-state index contributed by atoms with van der Waals surface area (Å²) in [4.78, 5) is 0. The van der Waals surface area contributed by atoms with Gasteiger partial charge < -0.3 is 0 Å². The second-order valence-electron chi connectivity index (χ2n) is 5.10. The van der Waals surface area contributed by atoms with Gasteiger partial charge in [-0.15, -0.1) is 0 Å². The van der Waals surface area contributed by atoms with Crippen molar-refractivity contribution in [3.63, 3.8) is 0 Å². The maximum Gasteiger partial charge on any atom is -0.00810 e. The fraction of sp³-hybridized carbons (Fsp3) is 0.692. The third-order valence-corrected chi connectivity index (χ3v) is 3.79. The molecule has 1 rings (SSSR count). The molecule has 0 bridgehead atoms. The first-order valence-corrected chi connectivity index (χ1v) is 5.24. The van der Waals surface area contributed by atoms with Crippen molar-refractivity contribution in [2.75, 3.05) is 0 Å². The molecule has 0 unspecified atom stereocenters. The summed E-state index contributed by atoms with van der Waals surface area (Å²) in [5.74, 6) is 0.708. The zero-order valence-electron chi connectivity index (χ0n) is 9.86. The minimum absolute atomic E-state index is 0.335. The average Bonchev–Trinajstić information content (AvgIpc) is 2.33. The molecule has 0 atom stereocenters. The van der Waals surface area contributed by atoms with Crippen molar-refractivity contribution >= 4 is 0 Å². The van der Waals surface area contributed by atoms with Crippen LogP contribution in [0.5, 0.6) is 0 Å². The van der Waals surface area contributed by atoms with Gasteiger partial charge in [-0.05, 0) is 42.7 Å². The van der Waals surface area contributed by atoms with Crippen molar-refractivity contribution in [1.82, 2.24) is 0 Å². The van der Waals surface area contributed by atoms with Crippen LogP contribution >= 0.6 is 0 Å². The van der Waals surface area contributed by atoms with Gasteiger partial charge in [-0.1, -0.05) is 39.3 Å². The highest BCUT2D eigenvalue weighted by Crippen LogP contribution is 2.42. The summed E-state index contributed by atoms with van der Waals surface area (Å²) >= 11 is 0. The highest BCUT2D eigenvalue weighted by molar-refractivity contribution is 5.43. The Bertz CT molecular complexity index is 262. The van der Waals surface area contributed by atoms with E-state index < -0.39 is 0 Å². The molecule has 0 spiro atoms. The molecule has 13 heavy (non-hydrogen) atoms. The molecule has 0 aromatic carbocycles. The van der Waals surface area contributed by atoms with Crippen molar-refractivity contribution in [1.29, 1.82) is 0 Å². The molecule has 0 nitrogen and oxygen atoms in total. The second-order valence-corrected chi connectivity index (χ2v) is 5.10. The van der Waals surface area contributed by atoms with E-state index in [1.807, 2.05) is 0 Å². The lowest BCUT2D eigenvalue weighted by Crippen LogP contribution is -2.22. The Labute approximate surface area is 82.7 Å².